The van der Waals surface area contributed by atoms with Gasteiger partial charge in [0, 0.05) is 30.6 Å². The summed E-state index contributed by atoms with van der Waals surface area (Å²) in [6.07, 6.45) is 6.62. The van der Waals surface area contributed by atoms with Crippen molar-refractivity contribution in [1.82, 2.24) is 15.3 Å². The summed E-state index contributed by atoms with van der Waals surface area (Å²) in [7, 11) is 3.52. The topological polar surface area (TPSA) is 154 Å². The number of hydrogen-bond donors (Lipinski definition) is 3. The summed E-state index contributed by atoms with van der Waals surface area (Å²) < 4.78 is 0. The number of hydrogen-bond acceptors (Lipinski definition) is 8. The van der Waals surface area contributed by atoms with Gasteiger partial charge in [-0.1, -0.05) is 0 Å². The predicted octanol–water partition coefficient (Wildman–Crippen LogP) is 2.30. The van der Waals surface area contributed by atoms with E-state index in [0.717, 1.165) is 24.2 Å². The highest BCUT2D eigenvalue weighted by molar-refractivity contribution is 6.22. The van der Waals surface area contributed by atoms with Crippen LogP contribution in [0, 0.1) is 29.1 Å². The van der Waals surface area contributed by atoms with E-state index in [1.807, 2.05) is 0 Å². The van der Waals surface area contributed by atoms with E-state index in [0.29, 0.717) is 39.9 Å². The van der Waals surface area contributed by atoms with E-state index in [2.05, 4.69) is 21.4 Å². The minimum Gasteiger partial charge on any atom is -0.383 e. The third-order valence-corrected chi connectivity index (χ3v) is 8.20. The second-order valence-electron chi connectivity index (χ2n) is 10.8. The van der Waals surface area contributed by atoms with Crippen molar-refractivity contribution < 1.29 is 9.59 Å². The second-order valence-corrected chi connectivity index (χ2v) is 10.8. The molecule has 4 saturated carbocycles. The summed E-state index contributed by atoms with van der Waals surface area (Å²) in [5, 5.41) is 14.0. The summed E-state index contributed by atoms with van der Waals surface area (Å²) in [6.45, 7) is 0. The van der Waals surface area contributed by atoms with E-state index in [-0.39, 0.29) is 40.9 Å². The van der Waals surface area contributed by atoms with Crippen LogP contribution in [0.3, 0.4) is 0 Å². The Morgan fingerprint density at radius 2 is 1.68 bits per heavy atom. The molecule has 2 aromatic rings. The van der Waals surface area contributed by atoms with Crippen LogP contribution in [0.4, 0.5) is 28.1 Å². The van der Waals surface area contributed by atoms with Gasteiger partial charge in [0.05, 0.1) is 11.8 Å². The number of carbonyl (C=O) groups excluding carboxylic acids is 2. The second kappa shape index (κ2) is 6.95. The number of aromatic nitrogens is 2. The normalized spacial score (nSPS) is 28.8. The molecule has 3 amide bonds. The number of pyridine rings is 2. The highest BCUT2D eigenvalue weighted by atomic mass is 16.2. The Kier molecular flexibility index (Phi) is 4.28. The van der Waals surface area contributed by atoms with Gasteiger partial charge in [-0.3, -0.25) is 4.79 Å². The predicted molar refractivity (Wildman–Crippen MR) is 128 cm³/mol. The van der Waals surface area contributed by atoms with Crippen molar-refractivity contribution in [3.63, 3.8) is 0 Å². The van der Waals surface area contributed by atoms with Crippen LogP contribution >= 0.6 is 0 Å². The maximum Gasteiger partial charge on any atom is 0.330 e. The van der Waals surface area contributed by atoms with Crippen molar-refractivity contribution in [2.24, 2.45) is 17.8 Å². The molecule has 4 fully saturated rings. The van der Waals surface area contributed by atoms with Crippen LogP contribution in [0.2, 0.25) is 0 Å². The Bertz CT molecular complexity index is 1280. The van der Waals surface area contributed by atoms with Gasteiger partial charge >= 0.3 is 6.03 Å². The van der Waals surface area contributed by atoms with Crippen molar-refractivity contribution >= 4 is 46.0 Å². The molecule has 4 bridgehead atoms. The first kappa shape index (κ1) is 21.0. The van der Waals surface area contributed by atoms with E-state index in [4.69, 9.17) is 11.5 Å². The van der Waals surface area contributed by atoms with Crippen molar-refractivity contribution in [2.75, 3.05) is 35.4 Å². The Labute approximate surface area is 197 Å². The lowest BCUT2D eigenvalue weighted by Crippen LogP contribution is -2.62. The van der Waals surface area contributed by atoms with Crippen LogP contribution in [0.25, 0.3) is 10.8 Å². The zero-order valence-electron chi connectivity index (χ0n) is 19.4. The molecule has 0 atom stereocenters. The van der Waals surface area contributed by atoms with E-state index in [1.54, 1.807) is 19.0 Å². The minimum absolute atomic E-state index is 0.0443. The number of nitriles is 1. The number of nitrogens with two attached hydrogens (primary N) is 2. The Morgan fingerprint density at radius 1 is 1.09 bits per heavy atom. The third kappa shape index (κ3) is 2.85. The largest absolute Gasteiger partial charge is 0.383 e. The monoisotopic (exact) mass is 460 g/mol. The maximum absolute atomic E-state index is 13.5. The molecule has 0 spiro atoms. The molecule has 176 valence electrons. The lowest BCUT2D eigenvalue weighted by Gasteiger charge is -2.56. The Hall–Kier alpha value is -3.61. The molecule has 10 nitrogen and oxygen atoms in total. The quantitative estimate of drug-likeness (QED) is 0.617. The van der Waals surface area contributed by atoms with Crippen LogP contribution in [0.1, 0.15) is 49.7 Å². The molecule has 4 aliphatic carbocycles. The summed E-state index contributed by atoms with van der Waals surface area (Å²) in [5.41, 5.74) is 12.9. The van der Waals surface area contributed by atoms with E-state index in [1.165, 1.54) is 19.3 Å². The summed E-state index contributed by atoms with van der Waals surface area (Å²) in [5.74, 6) is 2.32. The summed E-state index contributed by atoms with van der Waals surface area (Å²) in [6, 6.07) is 1.74. The maximum atomic E-state index is 13.5. The third-order valence-electron chi connectivity index (χ3n) is 8.20. The average molecular weight is 461 g/mol. The molecule has 1 aliphatic heterocycles. The van der Waals surface area contributed by atoms with Crippen LogP contribution in [-0.4, -0.2) is 41.5 Å². The first-order valence-corrected chi connectivity index (χ1v) is 11.8. The molecule has 0 radical (unpaired) electrons. The number of nitrogens with one attached hydrogen (secondary N) is 1. The van der Waals surface area contributed by atoms with E-state index < -0.39 is 6.03 Å². The highest BCUT2D eigenvalue weighted by Gasteiger charge is 2.52. The number of anilines is 4. The smallest absolute Gasteiger partial charge is 0.330 e. The standard InChI is InChI=1S/C24H28N8O2/c1-31(2)21-15(10-25)17-14-6-16(33)32(22(14)29-20(27)18(17)19(26)28-21)23(34)30-24-7-11-3-12(8-24)5-13(4-11)9-24/h11-13H,3-9H2,1-2H3,(H2,26,28)(H2,27,29)(H,30,34). The van der Waals surface area contributed by atoms with Crippen LogP contribution < -0.4 is 26.6 Å². The lowest BCUT2D eigenvalue weighted by molar-refractivity contribution is -0.116. The van der Waals surface area contributed by atoms with Crippen LogP contribution in [-0.2, 0) is 11.2 Å². The van der Waals surface area contributed by atoms with Gasteiger partial charge in [-0.05, 0) is 56.3 Å². The summed E-state index contributed by atoms with van der Waals surface area (Å²) in [4.78, 5) is 38.3. The number of rotatable bonds is 2. The molecule has 0 aromatic carbocycles. The van der Waals surface area contributed by atoms with Gasteiger partial charge < -0.3 is 21.7 Å². The Morgan fingerprint density at radius 3 is 2.24 bits per heavy atom. The molecule has 5 N–H and O–H groups in total. The fourth-order valence-electron chi connectivity index (χ4n) is 7.39. The molecular formula is C24H28N8O2. The van der Waals surface area contributed by atoms with Gasteiger partial charge in [-0.2, -0.15) is 5.26 Å². The molecule has 10 heteroatoms. The molecule has 5 aliphatic rings. The van der Waals surface area contributed by atoms with E-state index in [9.17, 15) is 14.9 Å². The molecule has 0 unspecified atom stereocenters. The lowest BCUT2D eigenvalue weighted by atomic mass is 9.53. The number of nitrogens with zero attached hydrogens (tertiary/aromatic N) is 5. The molecule has 7 rings (SSSR count). The first-order valence-electron chi connectivity index (χ1n) is 11.8. The molecule has 34 heavy (non-hydrogen) atoms. The number of amides is 3. The van der Waals surface area contributed by atoms with Crippen molar-refractivity contribution in [1.29, 1.82) is 5.26 Å². The first-order chi connectivity index (χ1) is 16.2. The SMILES string of the molecule is CN(C)c1nc(N)c2c(N)nc3c(c2c1C#N)CC(=O)N3C(=O)NC12CC3CC(CC(C3)C1)C2. The number of fused-ring (bicyclic) bond motifs is 3. The number of urea groups is 1. The van der Waals surface area contributed by atoms with Crippen LogP contribution in [0.5, 0.6) is 0 Å². The number of imide groups is 1. The molecular weight excluding hydrogens is 432 g/mol. The van der Waals surface area contributed by atoms with Gasteiger partial charge in [-0.25, -0.2) is 19.7 Å². The zero-order chi connectivity index (χ0) is 23.9. The fraction of sp³-hybridized carbons (Fsp3) is 0.542. The van der Waals surface area contributed by atoms with E-state index >= 15 is 0 Å². The van der Waals surface area contributed by atoms with Crippen molar-refractivity contribution in [3.8, 4) is 6.07 Å². The fourth-order valence-corrected chi connectivity index (χ4v) is 7.39. The summed E-state index contributed by atoms with van der Waals surface area (Å²) >= 11 is 0. The van der Waals surface area contributed by atoms with Crippen molar-refractivity contribution in [3.05, 3.63) is 11.1 Å². The van der Waals surface area contributed by atoms with Gasteiger partial charge in [0.1, 0.15) is 29.1 Å². The van der Waals surface area contributed by atoms with Crippen LogP contribution in [0.15, 0.2) is 0 Å². The van der Waals surface area contributed by atoms with Crippen molar-refractivity contribution in [2.45, 2.75) is 50.5 Å². The minimum atomic E-state index is -0.453. The van der Waals surface area contributed by atoms with Gasteiger partial charge in [-0.15, -0.1) is 0 Å². The number of nitrogen functional groups attached to an aromatic ring is 2. The number of carbonyl (C=O) groups is 2. The van der Waals surface area contributed by atoms with Gasteiger partial charge in [0.15, 0.2) is 5.82 Å². The molecule has 2 aromatic heterocycles. The Balaban J connectivity index is 1.44. The average Bonchev–Trinajstić information content (AvgIpc) is 3.07. The van der Waals surface area contributed by atoms with Gasteiger partial charge in [0.2, 0.25) is 5.91 Å². The molecule has 0 saturated heterocycles. The highest BCUT2D eigenvalue weighted by Crippen LogP contribution is 2.55. The zero-order valence-corrected chi connectivity index (χ0v) is 19.4. The van der Waals surface area contributed by atoms with Gasteiger partial charge in [0.25, 0.3) is 0 Å². The molecule has 3 heterocycles.